The number of halogens is 2. The van der Waals surface area contributed by atoms with Crippen molar-refractivity contribution in [2.45, 2.75) is 0 Å². The second-order valence-corrected chi connectivity index (χ2v) is 7.78. The lowest BCUT2D eigenvalue weighted by Crippen LogP contribution is -2.13. The number of rotatable bonds is 8. The molecule has 0 aliphatic rings. The average Bonchev–Trinajstić information content (AvgIpc) is 2.83. The molecule has 0 saturated carbocycles. The zero-order valence-electron chi connectivity index (χ0n) is 18.2. The van der Waals surface area contributed by atoms with Gasteiger partial charge in [-0.2, -0.15) is 5.26 Å². The molecule has 0 radical (unpaired) electrons. The van der Waals surface area contributed by atoms with Crippen molar-refractivity contribution in [2.75, 3.05) is 12.4 Å². The molecule has 11 nitrogen and oxygen atoms in total. The number of hydrogen-bond donors (Lipinski definition) is 1. The third-order valence-electron chi connectivity index (χ3n) is 4.57. The minimum atomic E-state index is -0.836. The van der Waals surface area contributed by atoms with Crippen LogP contribution in [0.2, 0.25) is 10.0 Å². The molecule has 0 aliphatic carbocycles. The highest BCUT2D eigenvalue weighted by Crippen LogP contribution is 2.43. The van der Waals surface area contributed by atoms with Crippen LogP contribution in [0.25, 0.3) is 6.08 Å². The molecule has 1 N–H and O–H groups in total. The Hall–Kier alpha value is -4.66. The number of ether oxygens (including phenoxy) is 2. The maximum absolute atomic E-state index is 12.5. The maximum atomic E-state index is 12.5. The number of nitro groups is 2. The number of amides is 1. The highest BCUT2D eigenvalue weighted by Gasteiger charge is 2.23. The number of methoxy groups -OCH3 is 1. The predicted octanol–water partition coefficient (Wildman–Crippen LogP) is 6.16. The Labute approximate surface area is 213 Å². The van der Waals surface area contributed by atoms with Gasteiger partial charge in [0.25, 0.3) is 11.6 Å². The Morgan fingerprint density at radius 2 is 1.81 bits per heavy atom. The summed E-state index contributed by atoms with van der Waals surface area (Å²) in [6.45, 7) is 0. The van der Waals surface area contributed by atoms with Crippen molar-refractivity contribution in [2.24, 2.45) is 0 Å². The van der Waals surface area contributed by atoms with Gasteiger partial charge in [-0.3, -0.25) is 25.0 Å². The fraction of sp³-hybridized carbons (Fsp3) is 0.0435. The van der Waals surface area contributed by atoms with Gasteiger partial charge in [-0.1, -0.05) is 29.3 Å². The van der Waals surface area contributed by atoms with Crippen LogP contribution in [0, 0.1) is 31.6 Å². The monoisotopic (exact) mass is 528 g/mol. The molecule has 0 aliphatic heterocycles. The van der Waals surface area contributed by atoms with Crippen LogP contribution >= 0.6 is 23.2 Å². The number of anilines is 1. The molecule has 0 fully saturated rings. The van der Waals surface area contributed by atoms with Crippen molar-refractivity contribution in [3.8, 4) is 23.3 Å². The van der Waals surface area contributed by atoms with Crippen LogP contribution in [-0.2, 0) is 4.79 Å². The minimum Gasteiger partial charge on any atom is -0.493 e. The van der Waals surface area contributed by atoms with Crippen LogP contribution in [0.3, 0.4) is 0 Å². The summed E-state index contributed by atoms with van der Waals surface area (Å²) in [6.07, 6.45) is 1.26. The number of carbonyl (C=O) groups is 1. The highest BCUT2D eigenvalue weighted by atomic mass is 35.5. The van der Waals surface area contributed by atoms with E-state index < -0.39 is 27.1 Å². The van der Waals surface area contributed by atoms with Crippen LogP contribution in [0.5, 0.6) is 17.2 Å². The molecular weight excluding hydrogens is 515 g/mol. The van der Waals surface area contributed by atoms with Crippen LogP contribution < -0.4 is 14.8 Å². The molecule has 3 rings (SSSR count). The van der Waals surface area contributed by atoms with E-state index in [0.29, 0.717) is 16.3 Å². The van der Waals surface area contributed by atoms with Crippen LogP contribution in [0.4, 0.5) is 17.1 Å². The SMILES string of the molecule is COc1cc(/C=C(\C#N)C(=O)Nc2cccc(Cl)c2)cc(Cl)c1Oc1ccc([N+](=O)[O-])cc1[N+](=O)[O-]. The number of benzene rings is 3. The molecular formula is C23H14Cl2N4O7. The summed E-state index contributed by atoms with van der Waals surface area (Å²) in [5.41, 5.74) is -0.728. The minimum absolute atomic E-state index is 0.0222. The predicted molar refractivity (Wildman–Crippen MR) is 132 cm³/mol. The van der Waals surface area contributed by atoms with Gasteiger partial charge in [-0.25, -0.2) is 0 Å². The van der Waals surface area contributed by atoms with E-state index in [1.165, 1.54) is 31.4 Å². The number of non-ortho nitro benzene ring substituents is 1. The van der Waals surface area contributed by atoms with Gasteiger partial charge >= 0.3 is 5.69 Å². The Morgan fingerprint density at radius 3 is 2.42 bits per heavy atom. The summed E-state index contributed by atoms with van der Waals surface area (Å²) in [5, 5.41) is 34.7. The summed E-state index contributed by atoms with van der Waals surface area (Å²) in [5.74, 6) is -1.10. The van der Waals surface area contributed by atoms with Crippen molar-refractivity contribution >= 4 is 52.2 Å². The first-order chi connectivity index (χ1) is 17.1. The number of carbonyl (C=O) groups excluding carboxylic acids is 1. The van der Waals surface area contributed by atoms with Crippen LogP contribution in [-0.4, -0.2) is 22.9 Å². The average molecular weight is 529 g/mol. The van der Waals surface area contributed by atoms with Gasteiger partial charge in [0.1, 0.15) is 11.6 Å². The number of nitrogens with zero attached hydrogens (tertiary/aromatic N) is 3. The number of nitriles is 1. The number of hydrogen-bond acceptors (Lipinski definition) is 8. The van der Waals surface area contributed by atoms with Gasteiger partial charge in [-0.15, -0.1) is 0 Å². The summed E-state index contributed by atoms with van der Waals surface area (Å²) in [4.78, 5) is 33.3. The van der Waals surface area contributed by atoms with Crippen molar-refractivity contribution in [3.05, 3.63) is 96.0 Å². The molecule has 0 unspecified atom stereocenters. The van der Waals surface area contributed by atoms with Gasteiger partial charge in [0.2, 0.25) is 5.75 Å². The lowest BCUT2D eigenvalue weighted by Gasteiger charge is -2.13. The van der Waals surface area contributed by atoms with Crippen LogP contribution in [0.1, 0.15) is 5.56 Å². The van der Waals surface area contributed by atoms with E-state index in [1.54, 1.807) is 24.3 Å². The highest BCUT2D eigenvalue weighted by molar-refractivity contribution is 6.32. The van der Waals surface area contributed by atoms with Gasteiger partial charge in [0.05, 0.1) is 28.0 Å². The van der Waals surface area contributed by atoms with E-state index in [1.807, 2.05) is 0 Å². The van der Waals surface area contributed by atoms with Crippen LogP contribution in [0.15, 0.2) is 60.2 Å². The molecule has 13 heteroatoms. The molecule has 36 heavy (non-hydrogen) atoms. The zero-order chi connectivity index (χ0) is 26.4. The van der Waals surface area contributed by atoms with Gasteiger partial charge in [-0.05, 0) is 48.0 Å². The van der Waals surface area contributed by atoms with Gasteiger partial charge < -0.3 is 14.8 Å². The lowest BCUT2D eigenvalue weighted by atomic mass is 10.1. The molecule has 0 spiro atoms. The first-order valence-corrected chi connectivity index (χ1v) is 10.6. The first-order valence-electron chi connectivity index (χ1n) is 9.80. The molecule has 3 aromatic carbocycles. The van der Waals surface area contributed by atoms with E-state index in [2.05, 4.69) is 5.32 Å². The molecule has 0 heterocycles. The van der Waals surface area contributed by atoms with E-state index in [4.69, 9.17) is 32.7 Å². The topological polar surface area (TPSA) is 158 Å². The summed E-state index contributed by atoms with van der Waals surface area (Å²) >= 11 is 12.2. The van der Waals surface area contributed by atoms with Crippen molar-refractivity contribution < 1.29 is 24.1 Å². The first kappa shape index (κ1) is 26.0. The zero-order valence-corrected chi connectivity index (χ0v) is 19.7. The molecule has 1 amide bonds. The normalized spacial score (nSPS) is 10.8. The molecule has 0 atom stereocenters. The molecule has 3 aromatic rings. The molecule has 0 aromatic heterocycles. The second kappa shape index (κ2) is 11.2. The summed E-state index contributed by atoms with van der Waals surface area (Å²) in [7, 11) is 1.29. The summed E-state index contributed by atoms with van der Waals surface area (Å²) < 4.78 is 10.9. The Bertz CT molecular complexity index is 1450. The van der Waals surface area contributed by atoms with Gasteiger partial charge in [0, 0.05) is 16.8 Å². The van der Waals surface area contributed by atoms with Crippen molar-refractivity contribution in [1.82, 2.24) is 0 Å². The Morgan fingerprint density at radius 1 is 1.06 bits per heavy atom. The largest absolute Gasteiger partial charge is 0.493 e. The quantitative estimate of drug-likeness (QED) is 0.157. The van der Waals surface area contributed by atoms with Crippen molar-refractivity contribution in [1.29, 1.82) is 5.26 Å². The molecule has 0 bridgehead atoms. The van der Waals surface area contributed by atoms with E-state index >= 15 is 0 Å². The maximum Gasteiger partial charge on any atom is 0.318 e. The standard InChI is InChI=1S/C23H14Cl2N4O7/c1-35-21-9-13(7-14(12-26)23(30)27-16-4-2-3-15(24)10-16)8-18(25)22(21)36-20-6-5-17(28(31)32)11-19(20)29(33)34/h2-11H,1H3,(H,27,30)/b14-7+. The molecule has 0 saturated heterocycles. The van der Waals surface area contributed by atoms with E-state index in [0.717, 1.165) is 18.2 Å². The summed E-state index contributed by atoms with van der Waals surface area (Å²) in [6, 6.07) is 13.8. The Kier molecular flexibility index (Phi) is 8.06. The third kappa shape index (κ3) is 6.06. The van der Waals surface area contributed by atoms with E-state index in [9.17, 15) is 30.3 Å². The second-order valence-electron chi connectivity index (χ2n) is 6.94. The fourth-order valence-corrected chi connectivity index (χ4v) is 3.41. The van der Waals surface area contributed by atoms with Crippen molar-refractivity contribution in [3.63, 3.8) is 0 Å². The third-order valence-corrected chi connectivity index (χ3v) is 5.09. The van der Waals surface area contributed by atoms with Gasteiger partial charge in [0.15, 0.2) is 11.5 Å². The number of nitrogens with one attached hydrogen (secondary N) is 1. The number of nitro benzene ring substituents is 2. The fourth-order valence-electron chi connectivity index (χ4n) is 2.96. The van der Waals surface area contributed by atoms with E-state index in [-0.39, 0.29) is 27.8 Å². The Balaban J connectivity index is 1.95. The smallest absolute Gasteiger partial charge is 0.318 e. The molecule has 182 valence electrons. The lowest BCUT2D eigenvalue weighted by molar-refractivity contribution is -0.394.